The Balaban J connectivity index is 3.05. The minimum Gasteiger partial charge on any atom is -0.261 e. The van der Waals surface area contributed by atoms with Crippen molar-refractivity contribution in [2.75, 3.05) is 0 Å². The molecule has 0 spiro atoms. The molecule has 11 heavy (non-hydrogen) atoms. The zero-order valence-electron chi connectivity index (χ0n) is 7.09. The molecule has 58 valence electrons. The fraction of sp³-hybridized carbons (Fsp3) is 0.300. The van der Waals surface area contributed by atoms with Gasteiger partial charge in [0.15, 0.2) is 0 Å². The van der Waals surface area contributed by atoms with E-state index in [4.69, 9.17) is 0 Å². The first-order valence-electron chi connectivity index (χ1n) is 3.77. The van der Waals surface area contributed by atoms with Gasteiger partial charge in [0.05, 0.1) is 0 Å². The molecule has 0 aliphatic heterocycles. The van der Waals surface area contributed by atoms with Crippen molar-refractivity contribution in [3.8, 4) is 0 Å². The van der Waals surface area contributed by atoms with E-state index in [0.717, 1.165) is 12.1 Å². The first-order chi connectivity index (χ1) is 5.25. The van der Waals surface area contributed by atoms with Gasteiger partial charge in [-0.15, -0.1) is 6.58 Å². The second-order valence-electron chi connectivity index (χ2n) is 2.67. The number of pyridine rings is 1. The van der Waals surface area contributed by atoms with Crippen molar-refractivity contribution in [2.45, 2.75) is 20.3 Å². The van der Waals surface area contributed by atoms with Gasteiger partial charge in [-0.05, 0) is 37.5 Å². The molecule has 0 saturated heterocycles. The summed E-state index contributed by atoms with van der Waals surface area (Å²) in [4.78, 5) is 4.19. The van der Waals surface area contributed by atoms with Crippen molar-refractivity contribution in [2.24, 2.45) is 0 Å². The summed E-state index contributed by atoms with van der Waals surface area (Å²) in [5, 5.41) is 0. The maximum absolute atomic E-state index is 4.19. The lowest BCUT2D eigenvalue weighted by Crippen LogP contribution is -1.92. The third-order valence-electron chi connectivity index (χ3n) is 1.93. The summed E-state index contributed by atoms with van der Waals surface area (Å²) >= 11 is 0. The van der Waals surface area contributed by atoms with Crippen LogP contribution in [0.2, 0.25) is 0 Å². The van der Waals surface area contributed by atoms with Gasteiger partial charge in [0.1, 0.15) is 0 Å². The lowest BCUT2D eigenvalue weighted by atomic mass is 10.1. The summed E-state index contributed by atoms with van der Waals surface area (Å²) in [6.45, 7) is 7.83. The van der Waals surface area contributed by atoms with E-state index in [0.29, 0.717) is 0 Å². The number of allylic oxidation sites excluding steroid dienone is 1. The molecule has 0 fully saturated rings. The van der Waals surface area contributed by atoms with Crippen molar-refractivity contribution < 1.29 is 0 Å². The van der Waals surface area contributed by atoms with Crippen molar-refractivity contribution in [3.05, 3.63) is 41.7 Å². The largest absolute Gasteiger partial charge is 0.261 e. The van der Waals surface area contributed by atoms with Crippen molar-refractivity contribution >= 4 is 0 Å². The van der Waals surface area contributed by atoms with E-state index in [1.165, 1.54) is 11.1 Å². The summed E-state index contributed by atoms with van der Waals surface area (Å²) in [5.74, 6) is 0. The Morgan fingerprint density at radius 3 is 2.91 bits per heavy atom. The van der Waals surface area contributed by atoms with Gasteiger partial charge < -0.3 is 0 Å². The Hall–Kier alpha value is -1.11. The number of rotatable bonds is 2. The molecule has 0 bridgehead atoms. The fourth-order valence-electron chi connectivity index (χ4n) is 1.07. The average molecular weight is 147 g/mol. The van der Waals surface area contributed by atoms with E-state index in [-0.39, 0.29) is 0 Å². The van der Waals surface area contributed by atoms with Gasteiger partial charge in [-0.2, -0.15) is 0 Å². The van der Waals surface area contributed by atoms with E-state index in [9.17, 15) is 0 Å². The van der Waals surface area contributed by atoms with Gasteiger partial charge in [0.25, 0.3) is 0 Å². The molecule has 1 nitrogen and oxygen atoms in total. The molecular formula is C10H13N. The Morgan fingerprint density at radius 1 is 1.55 bits per heavy atom. The topological polar surface area (TPSA) is 12.9 Å². The van der Waals surface area contributed by atoms with E-state index in [1.54, 1.807) is 0 Å². The van der Waals surface area contributed by atoms with Gasteiger partial charge in [-0.1, -0.05) is 6.08 Å². The zero-order valence-corrected chi connectivity index (χ0v) is 7.09. The summed E-state index contributed by atoms with van der Waals surface area (Å²) in [5.41, 5.74) is 3.73. The van der Waals surface area contributed by atoms with E-state index in [1.807, 2.05) is 25.3 Å². The smallest absolute Gasteiger partial charge is 0.0404 e. The Kier molecular flexibility index (Phi) is 2.42. The normalized spacial score (nSPS) is 9.64. The van der Waals surface area contributed by atoms with Crippen molar-refractivity contribution in [1.82, 2.24) is 4.98 Å². The Labute approximate surface area is 67.8 Å². The lowest BCUT2D eigenvalue weighted by Gasteiger charge is -2.03. The third kappa shape index (κ3) is 1.67. The lowest BCUT2D eigenvalue weighted by molar-refractivity contribution is 1.09. The highest BCUT2D eigenvalue weighted by Crippen LogP contribution is 2.10. The molecule has 0 saturated carbocycles. The molecule has 0 aliphatic rings. The van der Waals surface area contributed by atoms with Gasteiger partial charge >= 0.3 is 0 Å². The standard InChI is InChI=1S/C10H13N/c1-4-5-10-6-7-11-9(3)8(10)2/h4,6-7H,1,5H2,2-3H3. The summed E-state index contributed by atoms with van der Waals surface area (Å²) in [6.07, 6.45) is 4.71. The first-order valence-corrected chi connectivity index (χ1v) is 3.77. The summed E-state index contributed by atoms with van der Waals surface area (Å²) in [6, 6.07) is 2.05. The van der Waals surface area contributed by atoms with Crippen LogP contribution >= 0.6 is 0 Å². The maximum atomic E-state index is 4.19. The van der Waals surface area contributed by atoms with Crippen LogP contribution in [0.4, 0.5) is 0 Å². The quantitative estimate of drug-likeness (QED) is 0.585. The molecule has 0 aromatic carbocycles. The third-order valence-corrected chi connectivity index (χ3v) is 1.93. The van der Waals surface area contributed by atoms with Crippen LogP contribution in [0.5, 0.6) is 0 Å². The van der Waals surface area contributed by atoms with Gasteiger partial charge in [-0.25, -0.2) is 0 Å². The van der Waals surface area contributed by atoms with Gasteiger partial charge in [0, 0.05) is 11.9 Å². The average Bonchev–Trinajstić information content (AvgIpc) is 1.99. The van der Waals surface area contributed by atoms with Crippen molar-refractivity contribution in [3.63, 3.8) is 0 Å². The predicted octanol–water partition coefficient (Wildman–Crippen LogP) is 2.43. The molecule has 0 N–H and O–H groups in total. The second-order valence-corrected chi connectivity index (χ2v) is 2.67. The zero-order chi connectivity index (χ0) is 8.27. The molecule has 0 unspecified atom stereocenters. The van der Waals surface area contributed by atoms with Crippen molar-refractivity contribution in [1.29, 1.82) is 0 Å². The van der Waals surface area contributed by atoms with Crippen LogP contribution in [0, 0.1) is 13.8 Å². The molecule has 1 aromatic heterocycles. The predicted molar refractivity (Wildman–Crippen MR) is 47.6 cm³/mol. The monoisotopic (exact) mass is 147 g/mol. The van der Waals surface area contributed by atoms with Crippen LogP contribution in [0.1, 0.15) is 16.8 Å². The fourth-order valence-corrected chi connectivity index (χ4v) is 1.07. The van der Waals surface area contributed by atoms with Crippen LogP contribution in [0.15, 0.2) is 24.9 Å². The molecule has 0 radical (unpaired) electrons. The number of aromatic nitrogens is 1. The maximum Gasteiger partial charge on any atom is 0.0404 e. The van der Waals surface area contributed by atoms with Crippen LogP contribution in [0.25, 0.3) is 0 Å². The van der Waals surface area contributed by atoms with Crippen LogP contribution in [-0.4, -0.2) is 4.98 Å². The van der Waals surface area contributed by atoms with E-state index < -0.39 is 0 Å². The van der Waals surface area contributed by atoms with Crippen LogP contribution < -0.4 is 0 Å². The molecule has 1 aromatic rings. The minimum atomic E-state index is 0.940. The molecular weight excluding hydrogens is 134 g/mol. The Morgan fingerprint density at radius 2 is 2.27 bits per heavy atom. The Bertz CT molecular complexity index is 264. The minimum absolute atomic E-state index is 0.940. The number of aryl methyl sites for hydroxylation is 1. The summed E-state index contributed by atoms with van der Waals surface area (Å²) in [7, 11) is 0. The summed E-state index contributed by atoms with van der Waals surface area (Å²) < 4.78 is 0. The molecule has 1 heteroatoms. The highest BCUT2D eigenvalue weighted by Gasteiger charge is 1.97. The van der Waals surface area contributed by atoms with Crippen LogP contribution in [-0.2, 0) is 6.42 Å². The number of nitrogens with zero attached hydrogens (tertiary/aromatic N) is 1. The molecule has 0 atom stereocenters. The molecule has 1 rings (SSSR count). The highest BCUT2D eigenvalue weighted by molar-refractivity contribution is 5.29. The van der Waals surface area contributed by atoms with E-state index in [2.05, 4.69) is 18.5 Å². The second kappa shape index (κ2) is 3.33. The van der Waals surface area contributed by atoms with Crippen LogP contribution in [0.3, 0.4) is 0 Å². The first kappa shape index (κ1) is 7.99. The van der Waals surface area contributed by atoms with Gasteiger partial charge in [-0.3, -0.25) is 4.98 Å². The molecule has 0 amide bonds. The van der Waals surface area contributed by atoms with Gasteiger partial charge in [0.2, 0.25) is 0 Å². The molecule has 0 aliphatic carbocycles. The highest BCUT2D eigenvalue weighted by atomic mass is 14.7. The number of hydrogen-bond donors (Lipinski definition) is 0. The number of hydrogen-bond acceptors (Lipinski definition) is 1. The van der Waals surface area contributed by atoms with E-state index >= 15 is 0 Å². The SMILES string of the molecule is C=CCc1ccnc(C)c1C. The molecule has 1 heterocycles.